The number of halogens is 1. The van der Waals surface area contributed by atoms with Crippen molar-refractivity contribution in [2.75, 3.05) is 33.2 Å². The van der Waals surface area contributed by atoms with E-state index in [1.54, 1.807) is 0 Å². The second kappa shape index (κ2) is 9.83. The van der Waals surface area contributed by atoms with E-state index < -0.39 is 5.60 Å². The van der Waals surface area contributed by atoms with Crippen molar-refractivity contribution >= 4 is 36.0 Å². The van der Waals surface area contributed by atoms with Gasteiger partial charge in [-0.15, -0.1) is 24.0 Å². The largest absolute Gasteiger partial charge is 0.444 e. The Morgan fingerprint density at radius 1 is 1.24 bits per heavy atom. The highest BCUT2D eigenvalue weighted by molar-refractivity contribution is 14.0. The summed E-state index contributed by atoms with van der Waals surface area (Å²) in [4.78, 5) is 21.3. The number of ether oxygens (including phenoxy) is 1. The number of nitrogens with zero attached hydrogens (tertiary/aromatic N) is 3. The Morgan fingerprint density at radius 3 is 2.28 bits per heavy atom. The molecular formula is C18H35IN4O2. The topological polar surface area (TPSA) is 57.2 Å². The van der Waals surface area contributed by atoms with Crippen LogP contribution >= 0.6 is 24.0 Å². The van der Waals surface area contributed by atoms with Crippen LogP contribution in [-0.4, -0.2) is 66.7 Å². The molecule has 1 heterocycles. The Balaban J connectivity index is 0.00000312. The summed E-state index contributed by atoms with van der Waals surface area (Å²) < 4.78 is 5.65. The summed E-state index contributed by atoms with van der Waals surface area (Å²) in [7, 11) is 1.82. The SMILES string of the molecule is CCNC(=NC)N1CCC(N(CC2CC2)C(=O)OC(C)(C)C)CC1.I. The minimum atomic E-state index is -0.438. The maximum absolute atomic E-state index is 12.6. The van der Waals surface area contributed by atoms with Crippen LogP contribution in [0.5, 0.6) is 0 Å². The van der Waals surface area contributed by atoms with E-state index in [0.717, 1.165) is 45.0 Å². The maximum Gasteiger partial charge on any atom is 0.410 e. The lowest BCUT2D eigenvalue weighted by atomic mass is 10.0. The van der Waals surface area contributed by atoms with Gasteiger partial charge in [-0.05, 0) is 59.3 Å². The standard InChI is InChI=1S/C18H34N4O2.HI/c1-6-20-16(19-5)21-11-9-15(10-12-21)22(13-14-7-8-14)17(23)24-18(2,3)4;/h14-15H,6-13H2,1-5H3,(H,19,20);1H. The minimum absolute atomic E-state index is 0. The van der Waals surface area contributed by atoms with E-state index in [0.29, 0.717) is 5.92 Å². The number of hydrogen-bond acceptors (Lipinski definition) is 3. The average Bonchev–Trinajstić information content (AvgIpc) is 3.33. The third-order valence-corrected chi connectivity index (χ3v) is 4.53. The highest BCUT2D eigenvalue weighted by Crippen LogP contribution is 2.32. The van der Waals surface area contributed by atoms with Crippen LogP contribution in [0.2, 0.25) is 0 Å². The summed E-state index contributed by atoms with van der Waals surface area (Å²) >= 11 is 0. The number of likely N-dealkylation sites (tertiary alicyclic amines) is 1. The van der Waals surface area contributed by atoms with Crippen LogP contribution in [0.4, 0.5) is 4.79 Å². The fourth-order valence-electron chi connectivity index (χ4n) is 3.15. The molecule has 2 fully saturated rings. The van der Waals surface area contributed by atoms with E-state index in [1.165, 1.54) is 12.8 Å². The fraction of sp³-hybridized carbons (Fsp3) is 0.889. The van der Waals surface area contributed by atoms with Crippen LogP contribution in [0.25, 0.3) is 0 Å². The first-order chi connectivity index (χ1) is 11.3. The summed E-state index contributed by atoms with van der Waals surface area (Å²) in [5.41, 5.74) is -0.438. The number of hydrogen-bond donors (Lipinski definition) is 1. The molecule has 0 unspecified atom stereocenters. The van der Waals surface area contributed by atoms with Crippen LogP contribution in [-0.2, 0) is 4.74 Å². The van der Waals surface area contributed by atoms with Crippen LogP contribution in [0.15, 0.2) is 4.99 Å². The summed E-state index contributed by atoms with van der Waals surface area (Å²) in [6.45, 7) is 11.5. The van der Waals surface area contributed by atoms with Gasteiger partial charge in [-0.1, -0.05) is 0 Å². The zero-order valence-electron chi connectivity index (χ0n) is 16.4. The Morgan fingerprint density at radius 2 is 1.84 bits per heavy atom. The number of carbonyl (C=O) groups is 1. The van der Waals surface area contributed by atoms with Gasteiger partial charge in [0.05, 0.1) is 0 Å². The molecule has 0 spiro atoms. The van der Waals surface area contributed by atoms with Gasteiger partial charge in [0.2, 0.25) is 0 Å². The zero-order valence-corrected chi connectivity index (χ0v) is 18.7. The molecular weight excluding hydrogens is 431 g/mol. The molecule has 1 amide bonds. The van der Waals surface area contributed by atoms with Crippen molar-refractivity contribution in [2.45, 2.75) is 65.0 Å². The number of nitrogens with one attached hydrogen (secondary N) is 1. The number of piperidine rings is 1. The number of aliphatic imine (C=N–C) groups is 1. The van der Waals surface area contributed by atoms with Gasteiger partial charge in [-0.25, -0.2) is 4.79 Å². The highest BCUT2D eigenvalue weighted by Gasteiger charge is 2.35. The van der Waals surface area contributed by atoms with Gasteiger partial charge < -0.3 is 19.9 Å². The maximum atomic E-state index is 12.6. The molecule has 25 heavy (non-hydrogen) atoms. The normalized spacial score (nSPS) is 19.2. The van der Waals surface area contributed by atoms with Gasteiger partial charge in [-0.3, -0.25) is 4.99 Å². The molecule has 1 aliphatic heterocycles. The molecule has 0 aromatic rings. The summed E-state index contributed by atoms with van der Waals surface area (Å²) in [6.07, 6.45) is 4.27. The van der Waals surface area contributed by atoms with Crippen molar-refractivity contribution in [1.82, 2.24) is 15.1 Å². The molecule has 146 valence electrons. The first-order valence-corrected chi connectivity index (χ1v) is 9.29. The van der Waals surface area contributed by atoms with Crippen LogP contribution in [0.3, 0.4) is 0 Å². The van der Waals surface area contributed by atoms with Gasteiger partial charge in [0.25, 0.3) is 0 Å². The van der Waals surface area contributed by atoms with E-state index in [2.05, 4.69) is 22.1 Å². The molecule has 1 saturated heterocycles. The summed E-state index contributed by atoms with van der Waals surface area (Å²) in [5, 5.41) is 3.31. The molecule has 6 nitrogen and oxygen atoms in total. The van der Waals surface area contributed by atoms with E-state index in [-0.39, 0.29) is 36.1 Å². The van der Waals surface area contributed by atoms with Crippen LogP contribution in [0, 0.1) is 5.92 Å². The Bertz CT molecular complexity index is 452. The van der Waals surface area contributed by atoms with Crippen molar-refractivity contribution in [3.05, 3.63) is 0 Å². The van der Waals surface area contributed by atoms with Gasteiger partial charge in [0, 0.05) is 39.3 Å². The smallest absolute Gasteiger partial charge is 0.410 e. The predicted octanol–water partition coefficient (Wildman–Crippen LogP) is 3.31. The third kappa shape index (κ3) is 7.19. The van der Waals surface area contributed by atoms with E-state index in [1.807, 2.05) is 32.7 Å². The molecule has 0 radical (unpaired) electrons. The fourth-order valence-corrected chi connectivity index (χ4v) is 3.15. The number of carbonyl (C=O) groups excluding carboxylic acids is 1. The Kier molecular flexibility index (Phi) is 8.77. The van der Waals surface area contributed by atoms with Crippen LogP contribution in [0.1, 0.15) is 53.4 Å². The van der Waals surface area contributed by atoms with Gasteiger partial charge >= 0.3 is 6.09 Å². The monoisotopic (exact) mass is 466 g/mol. The van der Waals surface area contributed by atoms with E-state index >= 15 is 0 Å². The second-order valence-electron chi connectivity index (χ2n) is 7.87. The first kappa shape index (κ1) is 22.3. The first-order valence-electron chi connectivity index (χ1n) is 9.29. The highest BCUT2D eigenvalue weighted by atomic mass is 127. The van der Waals surface area contributed by atoms with Crippen molar-refractivity contribution in [3.8, 4) is 0 Å². The van der Waals surface area contributed by atoms with Crippen molar-refractivity contribution < 1.29 is 9.53 Å². The lowest BCUT2D eigenvalue weighted by molar-refractivity contribution is 0.00929. The Hall–Kier alpha value is -0.730. The molecule has 1 aliphatic carbocycles. The van der Waals surface area contributed by atoms with Crippen LogP contribution < -0.4 is 5.32 Å². The number of rotatable bonds is 4. The van der Waals surface area contributed by atoms with Gasteiger partial charge in [-0.2, -0.15) is 0 Å². The number of amides is 1. The summed E-state index contributed by atoms with van der Waals surface area (Å²) in [6, 6.07) is 0.274. The lowest BCUT2D eigenvalue weighted by Gasteiger charge is -2.40. The molecule has 2 rings (SSSR count). The molecule has 2 aliphatic rings. The molecule has 0 atom stereocenters. The molecule has 1 saturated carbocycles. The van der Waals surface area contributed by atoms with Crippen molar-refractivity contribution in [3.63, 3.8) is 0 Å². The molecule has 0 aromatic heterocycles. The van der Waals surface area contributed by atoms with Gasteiger partial charge in [0.1, 0.15) is 5.60 Å². The molecule has 0 bridgehead atoms. The Labute approximate surface area is 169 Å². The number of guanidine groups is 1. The second-order valence-corrected chi connectivity index (χ2v) is 7.87. The summed E-state index contributed by atoms with van der Waals surface area (Å²) in [5.74, 6) is 1.63. The third-order valence-electron chi connectivity index (χ3n) is 4.53. The average molecular weight is 466 g/mol. The molecule has 0 aromatic carbocycles. The lowest BCUT2D eigenvalue weighted by Crippen LogP contribution is -2.52. The van der Waals surface area contributed by atoms with Crippen molar-refractivity contribution in [2.24, 2.45) is 10.9 Å². The minimum Gasteiger partial charge on any atom is -0.444 e. The van der Waals surface area contributed by atoms with Crippen molar-refractivity contribution in [1.29, 1.82) is 0 Å². The van der Waals surface area contributed by atoms with E-state index in [9.17, 15) is 4.79 Å². The van der Waals surface area contributed by atoms with E-state index in [4.69, 9.17) is 4.74 Å². The quantitative estimate of drug-likeness (QED) is 0.393. The molecule has 1 N–H and O–H groups in total. The van der Waals surface area contributed by atoms with Gasteiger partial charge in [0.15, 0.2) is 5.96 Å². The molecule has 7 heteroatoms. The predicted molar refractivity (Wildman–Crippen MR) is 113 cm³/mol. The zero-order chi connectivity index (χ0) is 17.7.